The van der Waals surface area contributed by atoms with Crippen LogP contribution in [0.5, 0.6) is 0 Å². The topological polar surface area (TPSA) is 102 Å². The smallest absolute Gasteiger partial charge is 0.251 e. The van der Waals surface area contributed by atoms with Crippen LogP contribution in [0.2, 0.25) is 0 Å². The molecule has 1 atom stereocenters. The molecule has 0 aliphatic carbocycles. The molecule has 164 valence electrons. The molecule has 0 aliphatic rings. The van der Waals surface area contributed by atoms with Gasteiger partial charge in [0, 0.05) is 12.1 Å². The van der Waals surface area contributed by atoms with Crippen LogP contribution < -0.4 is 10.6 Å². The van der Waals surface area contributed by atoms with Crippen LogP contribution >= 0.6 is 23.1 Å². The molecule has 2 heterocycles. The van der Waals surface area contributed by atoms with Crippen molar-refractivity contribution in [1.82, 2.24) is 25.1 Å². The van der Waals surface area contributed by atoms with Crippen molar-refractivity contribution < 1.29 is 9.59 Å². The lowest BCUT2D eigenvalue weighted by Crippen LogP contribution is -2.28. The SMILES string of the molecule is CCn1c(SCC(=O)Nc2nc3ccccc3s2)nnc1[C@H](C)NC(=O)c1ccccc1. The zero-order valence-corrected chi connectivity index (χ0v) is 19.2. The maximum absolute atomic E-state index is 12.5. The van der Waals surface area contributed by atoms with Gasteiger partial charge in [-0.15, -0.1) is 10.2 Å². The number of anilines is 1. The van der Waals surface area contributed by atoms with Crippen molar-refractivity contribution in [3.05, 3.63) is 66.0 Å². The Morgan fingerprint density at radius 2 is 1.84 bits per heavy atom. The number of fused-ring (bicyclic) bond motifs is 1. The highest BCUT2D eigenvalue weighted by Gasteiger charge is 2.20. The molecule has 0 unspecified atom stereocenters. The maximum Gasteiger partial charge on any atom is 0.251 e. The number of aromatic nitrogens is 4. The quantitative estimate of drug-likeness (QED) is 0.379. The highest BCUT2D eigenvalue weighted by Crippen LogP contribution is 2.26. The van der Waals surface area contributed by atoms with Crippen LogP contribution in [0.3, 0.4) is 0 Å². The summed E-state index contributed by atoms with van der Waals surface area (Å²) in [6.45, 7) is 4.46. The van der Waals surface area contributed by atoms with Gasteiger partial charge in [-0.1, -0.05) is 53.4 Å². The zero-order chi connectivity index (χ0) is 22.5. The van der Waals surface area contributed by atoms with Gasteiger partial charge in [-0.25, -0.2) is 4.98 Å². The van der Waals surface area contributed by atoms with Gasteiger partial charge in [0.05, 0.1) is 22.0 Å². The highest BCUT2D eigenvalue weighted by molar-refractivity contribution is 7.99. The molecule has 2 N–H and O–H groups in total. The molecular formula is C22H22N6O2S2. The third kappa shape index (κ3) is 4.97. The van der Waals surface area contributed by atoms with E-state index in [2.05, 4.69) is 25.8 Å². The Bertz CT molecular complexity index is 1200. The minimum atomic E-state index is -0.332. The fourth-order valence-electron chi connectivity index (χ4n) is 3.17. The number of amides is 2. The summed E-state index contributed by atoms with van der Waals surface area (Å²) in [4.78, 5) is 29.3. The van der Waals surface area contributed by atoms with Crippen LogP contribution in [0.4, 0.5) is 5.13 Å². The fraction of sp³-hybridized carbons (Fsp3) is 0.227. The number of carbonyl (C=O) groups excluding carboxylic acids is 2. The summed E-state index contributed by atoms with van der Waals surface area (Å²) < 4.78 is 2.93. The Morgan fingerprint density at radius 1 is 1.09 bits per heavy atom. The second kappa shape index (κ2) is 9.92. The van der Waals surface area contributed by atoms with Gasteiger partial charge in [0.25, 0.3) is 5.91 Å². The van der Waals surface area contributed by atoms with Crippen molar-refractivity contribution in [2.24, 2.45) is 0 Å². The number of carbonyl (C=O) groups is 2. The summed E-state index contributed by atoms with van der Waals surface area (Å²) in [5, 5.41) is 15.5. The predicted octanol–water partition coefficient (Wildman–Crippen LogP) is 4.13. The first kappa shape index (κ1) is 22.0. The number of rotatable bonds is 8. The van der Waals surface area contributed by atoms with E-state index < -0.39 is 0 Å². The molecule has 0 aliphatic heterocycles. The molecule has 4 rings (SSSR count). The molecule has 10 heteroatoms. The van der Waals surface area contributed by atoms with E-state index >= 15 is 0 Å². The monoisotopic (exact) mass is 466 g/mol. The van der Waals surface area contributed by atoms with Gasteiger partial charge in [0.15, 0.2) is 16.1 Å². The molecule has 4 aromatic rings. The van der Waals surface area contributed by atoms with E-state index in [-0.39, 0.29) is 23.6 Å². The molecule has 0 spiro atoms. The third-order valence-corrected chi connectivity index (χ3v) is 6.62. The lowest BCUT2D eigenvalue weighted by atomic mass is 10.2. The van der Waals surface area contributed by atoms with Gasteiger partial charge in [-0.2, -0.15) is 0 Å². The van der Waals surface area contributed by atoms with E-state index in [0.717, 1.165) is 10.2 Å². The van der Waals surface area contributed by atoms with Gasteiger partial charge in [-0.3, -0.25) is 9.59 Å². The summed E-state index contributed by atoms with van der Waals surface area (Å²) in [7, 11) is 0. The molecule has 0 fully saturated rings. The minimum Gasteiger partial charge on any atom is -0.342 e. The Morgan fingerprint density at radius 3 is 2.59 bits per heavy atom. The zero-order valence-electron chi connectivity index (χ0n) is 17.6. The van der Waals surface area contributed by atoms with Crippen LogP contribution in [-0.2, 0) is 11.3 Å². The molecule has 2 aromatic carbocycles. The fourth-order valence-corrected chi connectivity index (χ4v) is 4.86. The van der Waals surface area contributed by atoms with Gasteiger partial charge < -0.3 is 15.2 Å². The van der Waals surface area contributed by atoms with E-state index in [1.165, 1.54) is 23.1 Å². The first-order valence-corrected chi connectivity index (χ1v) is 11.9. The Hall–Kier alpha value is -3.24. The molecule has 0 saturated carbocycles. The molecule has 0 saturated heterocycles. The van der Waals surface area contributed by atoms with Gasteiger partial charge in [0.1, 0.15) is 0 Å². The van der Waals surface area contributed by atoms with Gasteiger partial charge >= 0.3 is 0 Å². The summed E-state index contributed by atoms with van der Waals surface area (Å²) in [5.41, 5.74) is 1.45. The minimum absolute atomic E-state index is 0.160. The van der Waals surface area contributed by atoms with Crippen LogP contribution in [0.1, 0.15) is 36.1 Å². The average Bonchev–Trinajstić information content (AvgIpc) is 3.41. The maximum atomic E-state index is 12.5. The molecule has 0 bridgehead atoms. The average molecular weight is 467 g/mol. The second-order valence-electron chi connectivity index (χ2n) is 6.97. The number of nitrogens with zero attached hydrogens (tertiary/aromatic N) is 4. The molecule has 2 aromatic heterocycles. The van der Waals surface area contributed by atoms with Gasteiger partial charge in [-0.05, 0) is 38.1 Å². The lowest BCUT2D eigenvalue weighted by molar-refractivity contribution is -0.113. The van der Waals surface area contributed by atoms with Crippen molar-refractivity contribution >= 4 is 50.3 Å². The van der Waals surface area contributed by atoms with Crippen LogP contribution in [0, 0.1) is 0 Å². The summed E-state index contributed by atoms with van der Waals surface area (Å²) >= 11 is 2.74. The molecular weight excluding hydrogens is 444 g/mol. The number of thiazole rings is 1. The van der Waals surface area contributed by atoms with Crippen LogP contribution in [-0.4, -0.2) is 37.3 Å². The number of nitrogens with one attached hydrogen (secondary N) is 2. The van der Waals surface area contributed by atoms with E-state index in [0.29, 0.717) is 28.2 Å². The van der Waals surface area contributed by atoms with Crippen molar-refractivity contribution in [1.29, 1.82) is 0 Å². The summed E-state index contributed by atoms with van der Waals surface area (Å²) in [6, 6.07) is 16.5. The Kier molecular flexibility index (Phi) is 6.81. The normalized spacial score (nSPS) is 11.9. The van der Waals surface area contributed by atoms with Crippen molar-refractivity contribution in [2.45, 2.75) is 31.6 Å². The molecule has 0 radical (unpaired) electrons. The summed E-state index contributed by atoms with van der Waals surface area (Å²) in [6.07, 6.45) is 0. The van der Waals surface area contributed by atoms with Crippen molar-refractivity contribution in [3.8, 4) is 0 Å². The largest absolute Gasteiger partial charge is 0.342 e. The number of hydrogen-bond acceptors (Lipinski definition) is 7. The number of benzene rings is 2. The van der Waals surface area contributed by atoms with E-state index in [9.17, 15) is 9.59 Å². The van der Waals surface area contributed by atoms with Gasteiger partial charge in [0.2, 0.25) is 5.91 Å². The first-order valence-electron chi connectivity index (χ1n) is 10.1. The summed E-state index contributed by atoms with van der Waals surface area (Å²) in [5.74, 6) is 0.490. The van der Waals surface area contributed by atoms with Crippen LogP contribution in [0.15, 0.2) is 59.8 Å². The molecule has 32 heavy (non-hydrogen) atoms. The Balaban J connectivity index is 1.37. The number of hydrogen-bond donors (Lipinski definition) is 2. The van der Waals surface area contributed by atoms with Crippen LogP contribution in [0.25, 0.3) is 10.2 Å². The Labute approximate surface area is 193 Å². The second-order valence-corrected chi connectivity index (χ2v) is 8.94. The molecule has 2 amide bonds. The lowest BCUT2D eigenvalue weighted by Gasteiger charge is -2.15. The van der Waals surface area contributed by atoms with E-state index in [1.807, 2.05) is 60.9 Å². The predicted molar refractivity (Wildman–Crippen MR) is 127 cm³/mol. The third-order valence-electron chi connectivity index (χ3n) is 4.71. The highest BCUT2D eigenvalue weighted by atomic mass is 32.2. The van der Waals surface area contributed by atoms with E-state index in [4.69, 9.17) is 0 Å². The van der Waals surface area contributed by atoms with E-state index in [1.54, 1.807) is 12.1 Å². The van der Waals surface area contributed by atoms with Crippen molar-refractivity contribution in [3.63, 3.8) is 0 Å². The molecule has 8 nitrogen and oxygen atoms in total. The first-order chi connectivity index (χ1) is 15.5. The number of thioether (sulfide) groups is 1. The number of para-hydroxylation sites is 1. The standard InChI is InChI=1S/C22H22N6O2S2/c1-3-28-19(14(2)23-20(30)15-9-5-4-6-10-15)26-27-22(28)31-13-18(29)25-21-24-16-11-7-8-12-17(16)32-21/h4-12,14H,3,13H2,1-2H3,(H,23,30)(H,24,25,29)/t14-/m0/s1. The van der Waals surface area contributed by atoms with Crippen molar-refractivity contribution in [2.75, 3.05) is 11.1 Å².